The van der Waals surface area contributed by atoms with E-state index in [4.69, 9.17) is 4.74 Å². The number of carbonyl (C=O) groups is 1. The van der Waals surface area contributed by atoms with E-state index in [2.05, 4.69) is 10.1 Å². The van der Waals surface area contributed by atoms with Crippen molar-refractivity contribution in [2.75, 3.05) is 26.7 Å². The fraction of sp³-hybridized carbons (Fsp3) is 0.923. The Morgan fingerprint density at radius 3 is 2.62 bits per heavy atom. The first-order chi connectivity index (χ1) is 9.67. The summed E-state index contributed by atoms with van der Waals surface area (Å²) in [6.45, 7) is 3.93. The normalized spacial score (nSPS) is 23.0. The number of rotatable bonds is 7. The van der Waals surface area contributed by atoms with Gasteiger partial charge in [0.1, 0.15) is 6.04 Å². The molecule has 1 N–H and O–H groups in total. The highest BCUT2D eigenvalue weighted by molar-refractivity contribution is 5.76. The maximum Gasteiger partial charge on any atom is 0.522 e. The molecule has 1 aliphatic rings. The van der Waals surface area contributed by atoms with Gasteiger partial charge >= 0.3 is 12.3 Å². The molecule has 0 aromatic heterocycles. The number of ether oxygens (including phenoxy) is 2. The number of halogens is 3. The van der Waals surface area contributed by atoms with Crippen LogP contribution in [0.3, 0.4) is 0 Å². The summed E-state index contributed by atoms with van der Waals surface area (Å²) in [5, 5.41) is 3.15. The van der Waals surface area contributed by atoms with Crippen molar-refractivity contribution in [3.63, 3.8) is 0 Å². The van der Waals surface area contributed by atoms with Crippen molar-refractivity contribution in [3.05, 3.63) is 0 Å². The molecule has 8 heteroatoms. The Morgan fingerprint density at radius 2 is 2.05 bits per heavy atom. The van der Waals surface area contributed by atoms with E-state index in [9.17, 15) is 18.0 Å². The SMILES string of the molecule is CC(C)OC(=O)C1CCC(CN(C)CCOC(F)(F)F)N1. The third-order valence-corrected chi connectivity index (χ3v) is 3.15. The van der Waals surface area contributed by atoms with Gasteiger partial charge in [0.15, 0.2) is 0 Å². The van der Waals surface area contributed by atoms with Gasteiger partial charge < -0.3 is 15.0 Å². The van der Waals surface area contributed by atoms with Gasteiger partial charge in [0.25, 0.3) is 0 Å². The van der Waals surface area contributed by atoms with Crippen LogP contribution in [0.25, 0.3) is 0 Å². The fourth-order valence-corrected chi connectivity index (χ4v) is 2.25. The third kappa shape index (κ3) is 7.63. The number of likely N-dealkylation sites (N-methyl/N-ethyl adjacent to an activating group) is 1. The van der Waals surface area contributed by atoms with Gasteiger partial charge in [-0.1, -0.05) is 0 Å². The summed E-state index contributed by atoms with van der Waals surface area (Å²) in [6, 6.07) is -0.247. The van der Waals surface area contributed by atoms with Gasteiger partial charge in [-0.25, -0.2) is 0 Å². The zero-order valence-electron chi connectivity index (χ0n) is 12.6. The monoisotopic (exact) mass is 312 g/mol. The second kappa shape index (κ2) is 7.95. The standard InChI is InChI=1S/C13H23F3N2O3/c1-9(2)21-12(19)11-5-4-10(17-11)8-18(3)6-7-20-13(14,15)16/h9-11,17H,4-8H2,1-3H3. The van der Waals surface area contributed by atoms with Gasteiger partial charge in [0, 0.05) is 19.1 Å². The van der Waals surface area contributed by atoms with E-state index in [1.54, 1.807) is 25.8 Å². The zero-order chi connectivity index (χ0) is 16.0. The van der Waals surface area contributed by atoms with Crippen molar-refractivity contribution in [2.24, 2.45) is 0 Å². The molecule has 21 heavy (non-hydrogen) atoms. The number of alkyl halides is 3. The number of hydrogen-bond donors (Lipinski definition) is 1. The average molecular weight is 312 g/mol. The first-order valence-electron chi connectivity index (χ1n) is 7.03. The number of hydrogen-bond acceptors (Lipinski definition) is 5. The Balaban J connectivity index is 2.23. The Hall–Kier alpha value is -0.860. The lowest BCUT2D eigenvalue weighted by Gasteiger charge is -2.22. The minimum Gasteiger partial charge on any atom is -0.462 e. The van der Waals surface area contributed by atoms with Gasteiger partial charge in [-0.05, 0) is 33.7 Å². The molecule has 0 aromatic rings. The number of nitrogens with one attached hydrogen (secondary N) is 1. The number of nitrogens with zero attached hydrogens (tertiary/aromatic N) is 1. The lowest BCUT2D eigenvalue weighted by atomic mass is 10.2. The van der Waals surface area contributed by atoms with E-state index in [-0.39, 0.29) is 30.7 Å². The summed E-state index contributed by atoms with van der Waals surface area (Å²) >= 11 is 0. The molecule has 0 amide bonds. The fourth-order valence-electron chi connectivity index (χ4n) is 2.25. The smallest absolute Gasteiger partial charge is 0.462 e. The highest BCUT2D eigenvalue weighted by Gasteiger charge is 2.32. The average Bonchev–Trinajstić information content (AvgIpc) is 2.74. The van der Waals surface area contributed by atoms with Crippen LogP contribution in [0.1, 0.15) is 26.7 Å². The Kier molecular flexibility index (Phi) is 6.89. The van der Waals surface area contributed by atoms with E-state index < -0.39 is 13.0 Å². The molecule has 0 aliphatic carbocycles. The third-order valence-electron chi connectivity index (χ3n) is 3.15. The zero-order valence-corrected chi connectivity index (χ0v) is 12.6. The van der Waals surface area contributed by atoms with Gasteiger partial charge in [0.05, 0.1) is 12.7 Å². The molecule has 1 aliphatic heterocycles. The van der Waals surface area contributed by atoms with Crippen LogP contribution >= 0.6 is 0 Å². The second-order valence-corrected chi connectivity index (χ2v) is 5.54. The van der Waals surface area contributed by atoms with E-state index in [1.807, 2.05) is 0 Å². The van der Waals surface area contributed by atoms with Crippen LogP contribution < -0.4 is 5.32 Å². The lowest BCUT2D eigenvalue weighted by Crippen LogP contribution is -2.43. The van der Waals surface area contributed by atoms with Gasteiger partial charge in [-0.3, -0.25) is 9.53 Å². The Morgan fingerprint density at radius 1 is 1.38 bits per heavy atom. The van der Waals surface area contributed by atoms with E-state index in [0.29, 0.717) is 13.0 Å². The van der Waals surface area contributed by atoms with E-state index in [1.165, 1.54) is 0 Å². The molecule has 1 heterocycles. The van der Waals surface area contributed by atoms with Gasteiger partial charge in [-0.2, -0.15) is 0 Å². The molecular weight excluding hydrogens is 289 g/mol. The molecule has 0 radical (unpaired) electrons. The van der Waals surface area contributed by atoms with Crippen molar-refractivity contribution in [3.8, 4) is 0 Å². The first-order valence-corrected chi connectivity index (χ1v) is 7.03. The second-order valence-electron chi connectivity index (χ2n) is 5.54. The summed E-state index contributed by atoms with van der Waals surface area (Å²) in [6.07, 6.45) is -3.26. The molecule has 1 rings (SSSR count). The predicted molar refractivity (Wildman–Crippen MR) is 70.7 cm³/mol. The topological polar surface area (TPSA) is 50.8 Å². The summed E-state index contributed by atoms with van der Waals surface area (Å²) in [5.41, 5.74) is 0. The highest BCUT2D eigenvalue weighted by Crippen LogP contribution is 2.17. The summed E-state index contributed by atoms with van der Waals surface area (Å²) in [5.74, 6) is -0.268. The van der Waals surface area contributed by atoms with Crippen molar-refractivity contribution < 1.29 is 27.4 Å². The molecule has 124 valence electrons. The summed E-state index contributed by atoms with van der Waals surface area (Å²) in [4.78, 5) is 13.5. The molecule has 2 unspecified atom stereocenters. The van der Waals surface area contributed by atoms with Crippen LogP contribution in [0.15, 0.2) is 0 Å². The van der Waals surface area contributed by atoms with Gasteiger partial charge in [0.2, 0.25) is 0 Å². The molecule has 0 spiro atoms. The largest absolute Gasteiger partial charge is 0.522 e. The number of esters is 1. The van der Waals surface area contributed by atoms with Crippen molar-refractivity contribution in [2.45, 2.75) is 51.2 Å². The molecular formula is C13H23F3N2O3. The minimum atomic E-state index is -4.59. The maximum absolute atomic E-state index is 11.9. The molecule has 5 nitrogen and oxygen atoms in total. The highest BCUT2D eigenvalue weighted by atomic mass is 19.4. The van der Waals surface area contributed by atoms with Crippen LogP contribution in [0.4, 0.5) is 13.2 Å². The van der Waals surface area contributed by atoms with Crippen LogP contribution in [0, 0.1) is 0 Å². The molecule has 1 fully saturated rings. The summed E-state index contributed by atoms with van der Waals surface area (Å²) in [7, 11) is 1.72. The molecule has 0 aromatic carbocycles. The predicted octanol–water partition coefficient (Wildman–Crippen LogP) is 1.53. The van der Waals surface area contributed by atoms with Gasteiger partial charge in [-0.15, -0.1) is 13.2 Å². The van der Waals surface area contributed by atoms with Crippen LogP contribution in [-0.4, -0.2) is 62.2 Å². The Labute approximate surface area is 122 Å². The first kappa shape index (κ1) is 18.2. The molecule has 1 saturated heterocycles. The van der Waals surface area contributed by atoms with Crippen LogP contribution in [-0.2, 0) is 14.3 Å². The summed E-state index contributed by atoms with van der Waals surface area (Å²) < 4.78 is 44.4. The molecule has 0 bridgehead atoms. The van der Waals surface area contributed by atoms with Crippen LogP contribution in [0.2, 0.25) is 0 Å². The van der Waals surface area contributed by atoms with Crippen LogP contribution in [0.5, 0.6) is 0 Å². The van der Waals surface area contributed by atoms with Crippen molar-refractivity contribution >= 4 is 5.97 Å². The van der Waals surface area contributed by atoms with Crippen molar-refractivity contribution in [1.82, 2.24) is 10.2 Å². The Bertz CT molecular complexity index is 337. The van der Waals surface area contributed by atoms with Crippen molar-refractivity contribution in [1.29, 1.82) is 0 Å². The van der Waals surface area contributed by atoms with E-state index >= 15 is 0 Å². The number of carbonyl (C=O) groups excluding carboxylic acids is 1. The molecule has 2 atom stereocenters. The molecule has 0 saturated carbocycles. The van der Waals surface area contributed by atoms with E-state index in [0.717, 1.165) is 6.42 Å². The minimum absolute atomic E-state index is 0.0746. The lowest BCUT2D eigenvalue weighted by molar-refractivity contribution is -0.324. The quantitative estimate of drug-likeness (QED) is 0.723. The maximum atomic E-state index is 11.9.